The summed E-state index contributed by atoms with van der Waals surface area (Å²) < 4.78 is 5.12. The Labute approximate surface area is 161 Å². The molecule has 2 aromatic carbocycles. The minimum absolute atomic E-state index is 0.117. The molecule has 0 aliphatic carbocycles. The predicted octanol–water partition coefficient (Wildman–Crippen LogP) is 4.28. The van der Waals surface area contributed by atoms with Crippen molar-refractivity contribution in [2.45, 2.75) is 0 Å². The van der Waals surface area contributed by atoms with Crippen LogP contribution in [0.5, 0.6) is 5.75 Å². The van der Waals surface area contributed by atoms with Gasteiger partial charge in [0.05, 0.1) is 5.56 Å². The van der Waals surface area contributed by atoms with Crippen molar-refractivity contribution in [1.29, 1.82) is 0 Å². The first-order valence-corrected chi connectivity index (χ1v) is 8.89. The number of nitrogens with one attached hydrogen (secondary N) is 1. The molecule has 0 saturated carbocycles. The first kappa shape index (κ1) is 19.9. The van der Waals surface area contributed by atoms with Crippen molar-refractivity contribution in [3.8, 4) is 5.75 Å². The standard InChI is InChI=1S/C18H18Cl2N2O4/c19-9-11-22(12-10-20)15-5-3-14(4-6-15)21-18(25)26-16-7-1-13(2-8-16)17(23)24/h1-8H,9-12H2,(H,21,25)(H,23,24). The maximum atomic E-state index is 11.9. The van der Waals surface area contributed by atoms with Crippen LogP contribution in [-0.2, 0) is 0 Å². The molecule has 2 rings (SSSR count). The summed E-state index contributed by atoms with van der Waals surface area (Å²) in [6, 6.07) is 12.8. The number of alkyl halides is 2. The molecule has 2 N–H and O–H groups in total. The van der Waals surface area contributed by atoms with Crippen LogP contribution in [0, 0.1) is 0 Å². The SMILES string of the molecule is O=C(Nc1ccc(N(CCCl)CCCl)cc1)Oc1ccc(C(=O)O)cc1. The molecule has 0 atom stereocenters. The highest BCUT2D eigenvalue weighted by Gasteiger charge is 2.09. The third-order valence-corrected chi connectivity index (χ3v) is 3.84. The van der Waals surface area contributed by atoms with E-state index in [0.29, 0.717) is 30.5 Å². The van der Waals surface area contributed by atoms with Gasteiger partial charge in [0.25, 0.3) is 0 Å². The zero-order valence-corrected chi connectivity index (χ0v) is 15.3. The molecule has 0 heterocycles. The van der Waals surface area contributed by atoms with Crippen molar-refractivity contribution in [3.05, 3.63) is 54.1 Å². The van der Waals surface area contributed by atoms with Crippen molar-refractivity contribution < 1.29 is 19.4 Å². The minimum Gasteiger partial charge on any atom is -0.478 e. The average molecular weight is 397 g/mol. The average Bonchev–Trinajstić information content (AvgIpc) is 2.62. The van der Waals surface area contributed by atoms with Crippen molar-refractivity contribution in [2.75, 3.05) is 35.1 Å². The summed E-state index contributed by atoms with van der Waals surface area (Å²) in [6.45, 7) is 1.35. The summed E-state index contributed by atoms with van der Waals surface area (Å²) in [7, 11) is 0. The van der Waals surface area contributed by atoms with E-state index in [0.717, 1.165) is 5.69 Å². The number of carbonyl (C=O) groups is 2. The normalized spacial score (nSPS) is 10.2. The third-order valence-electron chi connectivity index (χ3n) is 3.50. The van der Waals surface area contributed by atoms with E-state index in [2.05, 4.69) is 5.32 Å². The minimum atomic E-state index is -1.04. The summed E-state index contributed by atoms with van der Waals surface area (Å²) in [4.78, 5) is 24.8. The third kappa shape index (κ3) is 5.82. The molecule has 8 heteroatoms. The summed E-state index contributed by atoms with van der Waals surface area (Å²) in [5.41, 5.74) is 1.64. The molecule has 1 amide bonds. The molecule has 0 unspecified atom stereocenters. The number of carboxylic acid groups (broad SMARTS) is 1. The number of anilines is 2. The predicted molar refractivity (Wildman–Crippen MR) is 103 cm³/mol. The van der Waals surface area contributed by atoms with E-state index in [1.54, 1.807) is 12.1 Å². The smallest absolute Gasteiger partial charge is 0.417 e. The highest BCUT2D eigenvalue weighted by Crippen LogP contribution is 2.19. The lowest BCUT2D eigenvalue weighted by atomic mass is 10.2. The Kier molecular flexibility index (Phi) is 7.56. The van der Waals surface area contributed by atoms with Crippen LogP contribution in [0.1, 0.15) is 10.4 Å². The van der Waals surface area contributed by atoms with Gasteiger partial charge in [-0.3, -0.25) is 5.32 Å². The Bertz CT molecular complexity index is 730. The van der Waals surface area contributed by atoms with Gasteiger partial charge in [-0.1, -0.05) is 0 Å². The monoisotopic (exact) mass is 396 g/mol. The number of carbonyl (C=O) groups excluding carboxylic acids is 1. The number of hydrogen-bond acceptors (Lipinski definition) is 4. The first-order chi connectivity index (χ1) is 12.5. The molecule has 0 radical (unpaired) electrons. The van der Waals surface area contributed by atoms with Crippen molar-refractivity contribution in [1.82, 2.24) is 0 Å². The number of ether oxygens (including phenoxy) is 1. The van der Waals surface area contributed by atoms with E-state index in [1.807, 2.05) is 17.0 Å². The molecule has 0 spiro atoms. The van der Waals surface area contributed by atoms with E-state index in [9.17, 15) is 9.59 Å². The zero-order chi connectivity index (χ0) is 18.9. The van der Waals surface area contributed by atoms with Gasteiger partial charge in [0, 0.05) is 36.2 Å². The molecular formula is C18H18Cl2N2O4. The van der Waals surface area contributed by atoms with Crippen LogP contribution < -0.4 is 15.0 Å². The molecule has 0 aliphatic rings. The quantitative estimate of drug-likeness (QED) is 0.650. The van der Waals surface area contributed by atoms with Crippen LogP contribution in [0.15, 0.2) is 48.5 Å². The highest BCUT2D eigenvalue weighted by atomic mass is 35.5. The second kappa shape index (κ2) is 9.89. The highest BCUT2D eigenvalue weighted by molar-refractivity contribution is 6.18. The van der Waals surface area contributed by atoms with Crippen LogP contribution in [0.3, 0.4) is 0 Å². The lowest BCUT2D eigenvalue weighted by Gasteiger charge is -2.23. The molecule has 0 fully saturated rings. The lowest BCUT2D eigenvalue weighted by molar-refractivity contribution is 0.0697. The number of carboxylic acids is 1. The van der Waals surface area contributed by atoms with Crippen LogP contribution in [0.4, 0.5) is 16.2 Å². The summed E-state index contributed by atoms with van der Waals surface area (Å²) in [6.07, 6.45) is -0.667. The maximum Gasteiger partial charge on any atom is 0.417 e. The van der Waals surface area contributed by atoms with E-state index < -0.39 is 12.1 Å². The van der Waals surface area contributed by atoms with Crippen LogP contribution in [-0.4, -0.2) is 42.0 Å². The van der Waals surface area contributed by atoms with E-state index in [1.165, 1.54) is 24.3 Å². The number of hydrogen-bond donors (Lipinski definition) is 2. The second-order valence-corrected chi connectivity index (χ2v) is 6.01. The van der Waals surface area contributed by atoms with Gasteiger partial charge in [-0.15, -0.1) is 23.2 Å². The number of aromatic carboxylic acids is 1. The molecular weight excluding hydrogens is 379 g/mol. The summed E-state index contributed by atoms with van der Waals surface area (Å²) in [5, 5.41) is 11.5. The second-order valence-electron chi connectivity index (χ2n) is 5.26. The van der Waals surface area contributed by atoms with Gasteiger partial charge in [-0.2, -0.15) is 0 Å². The summed E-state index contributed by atoms with van der Waals surface area (Å²) >= 11 is 11.6. The van der Waals surface area contributed by atoms with Gasteiger partial charge < -0.3 is 14.7 Å². The fourth-order valence-corrected chi connectivity index (χ4v) is 2.65. The lowest BCUT2D eigenvalue weighted by Crippen LogP contribution is -2.27. The first-order valence-electron chi connectivity index (χ1n) is 7.82. The molecule has 26 heavy (non-hydrogen) atoms. The van der Waals surface area contributed by atoms with E-state index in [-0.39, 0.29) is 11.3 Å². The molecule has 0 bridgehead atoms. The number of nitrogens with zero attached hydrogens (tertiary/aromatic N) is 1. The van der Waals surface area contributed by atoms with Gasteiger partial charge >= 0.3 is 12.1 Å². The van der Waals surface area contributed by atoms with Crippen LogP contribution >= 0.6 is 23.2 Å². The van der Waals surface area contributed by atoms with Crippen molar-refractivity contribution >= 4 is 46.6 Å². The molecule has 2 aromatic rings. The topological polar surface area (TPSA) is 78.9 Å². The number of halogens is 2. The molecule has 6 nitrogen and oxygen atoms in total. The van der Waals surface area contributed by atoms with E-state index in [4.69, 9.17) is 33.0 Å². The molecule has 0 aromatic heterocycles. The Morgan fingerprint density at radius 3 is 2.04 bits per heavy atom. The van der Waals surface area contributed by atoms with Crippen LogP contribution in [0.2, 0.25) is 0 Å². The van der Waals surface area contributed by atoms with Gasteiger partial charge in [0.2, 0.25) is 0 Å². The number of amides is 1. The van der Waals surface area contributed by atoms with Gasteiger partial charge in [0.1, 0.15) is 5.75 Å². The molecule has 0 aliphatic heterocycles. The fourth-order valence-electron chi connectivity index (χ4n) is 2.25. The zero-order valence-electron chi connectivity index (χ0n) is 13.8. The molecule has 0 saturated heterocycles. The van der Waals surface area contributed by atoms with Crippen LogP contribution in [0.25, 0.3) is 0 Å². The summed E-state index contributed by atoms with van der Waals surface area (Å²) in [5.74, 6) is 0.186. The Balaban J connectivity index is 1.95. The van der Waals surface area contributed by atoms with Gasteiger partial charge in [0.15, 0.2) is 0 Å². The number of rotatable bonds is 8. The van der Waals surface area contributed by atoms with Gasteiger partial charge in [-0.25, -0.2) is 9.59 Å². The van der Waals surface area contributed by atoms with E-state index >= 15 is 0 Å². The Morgan fingerprint density at radius 1 is 0.962 bits per heavy atom. The largest absolute Gasteiger partial charge is 0.478 e. The maximum absolute atomic E-state index is 11.9. The van der Waals surface area contributed by atoms with Crippen molar-refractivity contribution in [3.63, 3.8) is 0 Å². The Hall–Kier alpha value is -2.44. The van der Waals surface area contributed by atoms with Crippen molar-refractivity contribution in [2.24, 2.45) is 0 Å². The fraction of sp³-hybridized carbons (Fsp3) is 0.222. The molecule has 138 valence electrons. The van der Waals surface area contributed by atoms with Gasteiger partial charge in [-0.05, 0) is 48.5 Å². The Morgan fingerprint density at radius 2 is 1.54 bits per heavy atom. The number of benzene rings is 2.